The van der Waals surface area contributed by atoms with Crippen LogP contribution in [0.4, 0.5) is 0 Å². The molecule has 0 aromatic heterocycles. The Morgan fingerprint density at radius 3 is 2.76 bits per heavy atom. The van der Waals surface area contributed by atoms with E-state index in [1.807, 2.05) is 18.2 Å². The van der Waals surface area contributed by atoms with Gasteiger partial charge in [0.05, 0.1) is 20.3 Å². The van der Waals surface area contributed by atoms with Gasteiger partial charge >= 0.3 is 0 Å². The molecule has 2 N–H and O–H groups in total. The Kier molecular flexibility index (Phi) is 6.93. The van der Waals surface area contributed by atoms with Gasteiger partial charge in [-0.2, -0.15) is 0 Å². The molecule has 6 nitrogen and oxygen atoms in total. The molecule has 0 spiro atoms. The molecule has 0 saturated carbocycles. The average Bonchev–Trinajstić information content (AvgIpc) is 2.96. The number of aliphatic hydroxyl groups is 1. The number of likely N-dealkylation sites (tertiary alicyclic amines) is 1. The molecule has 1 saturated heterocycles. The zero-order valence-electron chi connectivity index (χ0n) is 15.8. The first-order valence-electron chi connectivity index (χ1n) is 8.93. The molecule has 0 amide bonds. The molecule has 1 fully saturated rings. The Balaban J connectivity index is 2.09. The van der Waals surface area contributed by atoms with E-state index in [2.05, 4.69) is 31.0 Å². The first-order chi connectivity index (χ1) is 12.0. The lowest BCUT2D eigenvalue weighted by Crippen LogP contribution is -2.40. The van der Waals surface area contributed by atoms with Crippen LogP contribution in [0.3, 0.4) is 0 Å². The molecule has 1 aromatic carbocycles. The SMILES string of the molecule is CCNC(=NCc1ccc(OCCO)c(OC)c1)N1CCC(C)(C)C1. The van der Waals surface area contributed by atoms with Crippen molar-refractivity contribution in [1.29, 1.82) is 0 Å². The van der Waals surface area contributed by atoms with Gasteiger partial charge in [0.1, 0.15) is 6.61 Å². The molecule has 0 bridgehead atoms. The quantitative estimate of drug-likeness (QED) is 0.584. The fourth-order valence-electron chi connectivity index (χ4n) is 2.97. The van der Waals surface area contributed by atoms with E-state index in [0.29, 0.717) is 23.5 Å². The second-order valence-corrected chi connectivity index (χ2v) is 7.06. The van der Waals surface area contributed by atoms with Crippen molar-refractivity contribution in [3.05, 3.63) is 23.8 Å². The lowest BCUT2D eigenvalue weighted by molar-refractivity contribution is 0.196. The normalized spacial score (nSPS) is 16.8. The van der Waals surface area contributed by atoms with Gasteiger partial charge in [0.25, 0.3) is 0 Å². The summed E-state index contributed by atoms with van der Waals surface area (Å²) >= 11 is 0. The molecule has 1 aliphatic heterocycles. The Morgan fingerprint density at radius 2 is 2.16 bits per heavy atom. The molecular weight excluding hydrogens is 318 g/mol. The number of hydrogen-bond donors (Lipinski definition) is 2. The van der Waals surface area contributed by atoms with Crippen LogP contribution in [0.2, 0.25) is 0 Å². The van der Waals surface area contributed by atoms with Crippen molar-refractivity contribution in [2.24, 2.45) is 10.4 Å². The van der Waals surface area contributed by atoms with Gasteiger partial charge in [-0.05, 0) is 36.5 Å². The predicted molar refractivity (Wildman–Crippen MR) is 100 cm³/mol. The summed E-state index contributed by atoms with van der Waals surface area (Å²) in [6.07, 6.45) is 1.18. The smallest absolute Gasteiger partial charge is 0.194 e. The average molecular weight is 349 g/mol. The molecule has 0 unspecified atom stereocenters. The van der Waals surface area contributed by atoms with Crippen molar-refractivity contribution in [1.82, 2.24) is 10.2 Å². The standard InChI is InChI=1S/C19H31N3O3/c1-5-20-18(22-9-8-19(2,3)14-22)21-13-15-6-7-16(25-11-10-23)17(12-15)24-4/h6-7,12,23H,5,8-11,13-14H2,1-4H3,(H,20,21). The molecular formula is C19H31N3O3. The zero-order valence-corrected chi connectivity index (χ0v) is 15.8. The van der Waals surface area contributed by atoms with Crippen molar-refractivity contribution >= 4 is 5.96 Å². The third-order valence-corrected chi connectivity index (χ3v) is 4.30. The van der Waals surface area contributed by atoms with Gasteiger partial charge in [-0.15, -0.1) is 0 Å². The maximum atomic E-state index is 8.89. The first kappa shape index (κ1) is 19.4. The third kappa shape index (κ3) is 5.53. The van der Waals surface area contributed by atoms with Crippen molar-refractivity contribution in [3.63, 3.8) is 0 Å². The summed E-state index contributed by atoms with van der Waals surface area (Å²) in [6, 6.07) is 5.79. The number of guanidine groups is 1. The molecule has 2 rings (SSSR count). The van der Waals surface area contributed by atoms with E-state index in [4.69, 9.17) is 19.6 Å². The summed E-state index contributed by atoms with van der Waals surface area (Å²) in [4.78, 5) is 7.13. The van der Waals surface area contributed by atoms with E-state index >= 15 is 0 Å². The van der Waals surface area contributed by atoms with Crippen LogP contribution < -0.4 is 14.8 Å². The van der Waals surface area contributed by atoms with Gasteiger partial charge in [-0.1, -0.05) is 19.9 Å². The first-order valence-corrected chi connectivity index (χ1v) is 8.93. The highest BCUT2D eigenvalue weighted by Crippen LogP contribution is 2.30. The van der Waals surface area contributed by atoms with Crippen LogP contribution in [0.5, 0.6) is 11.5 Å². The largest absolute Gasteiger partial charge is 0.493 e. The van der Waals surface area contributed by atoms with Crippen LogP contribution in [0.15, 0.2) is 23.2 Å². The van der Waals surface area contributed by atoms with Gasteiger partial charge in [-0.25, -0.2) is 4.99 Å². The second-order valence-electron chi connectivity index (χ2n) is 7.06. The number of benzene rings is 1. The minimum absolute atomic E-state index is 0.0204. The van der Waals surface area contributed by atoms with E-state index in [1.165, 1.54) is 6.42 Å². The van der Waals surface area contributed by atoms with E-state index in [1.54, 1.807) is 7.11 Å². The zero-order chi connectivity index (χ0) is 18.3. The van der Waals surface area contributed by atoms with Crippen molar-refractivity contribution < 1.29 is 14.6 Å². The van der Waals surface area contributed by atoms with Gasteiger partial charge in [0.2, 0.25) is 0 Å². The van der Waals surface area contributed by atoms with Crippen LogP contribution in [0.1, 0.15) is 32.8 Å². The number of hydrogen-bond acceptors (Lipinski definition) is 4. The number of ether oxygens (including phenoxy) is 2. The minimum atomic E-state index is -0.0204. The van der Waals surface area contributed by atoms with Crippen LogP contribution in [-0.2, 0) is 6.54 Å². The monoisotopic (exact) mass is 349 g/mol. The third-order valence-electron chi connectivity index (χ3n) is 4.30. The fourth-order valence-corrected chi connectivity index (χ4v) is 2.97. The van der Waals surface area contributed by atoms with Crippen molar-refractivity contribution in [2.75, 3.05) is 40.0 Å². The number of rotatable bonds is 7. The molecule has 1 aromatic rings. The summed E-state index contributed by atoms with van der Waals surface area (Å²) in [5.74, 6) is 2.26. The topological polar surface area (TPSA) is 66.3 Å². The Labute approximate surface area is 150 Å². The van der Waals surface area contributed by atoms with Gasteiger partial charge in [0.15, 0.2) is 17.5 Å². The number of aliphatic imine (C=N–C) groups is 1. The highest BCUT2D eigenvalue weighted by Gasteiger charge is 2.30. The van der Waals surface area contributed by atoms with Gasteiger partial charge in [0, 0.05) is 19.6 Å². The molecule has 1 aliphatic rings. The number of aliphatic hydroxyl groups excluding tert-OH is 1. The molecule has 0 radical (unpaired) electrons. The number of nitrogens with zero attached hydrogens (tertiary/aromatic N) is 2. The van der Waals surface area contributed by atoms with E-state index in [9.17, 15) is 0 Å². The van der Waals surface area contributed by atoms with Gasteiger partial charge in [-0.3, -0.25) is 0 Å². The lowest BCUT2D eigenvalue weighted by Gasteiger charge is -2.23. The molecule has 0 atom stereocenters. The summed E-state index contributed by atoms with van der Waals surface area (Å²) < 4.78 is 10.9. The predicted octanol–water partition coefficient (Wildman–Crippen LogP) is 2.26. The molecule has 25 heavy (non-hydrogen) atoms. The maximum absolute atomic E-state index is 8.89. The Bertz CT molecular complexity index is 587. The van der Waals surface area contributed by atoms with Crippen LogP contribution >= 0.6 is 0 Å². The maximum Gasteiger partial charge on any atom is 0.194 e. The van der Waals surface area contributed by atoms with Crippen LogP contribution in [0.25, 0.3) is 0 Å². The molecule has 140 valence electrons. The van der Waals surface area contributed by atoms with Crippen LogP contribution in [0, 0.1) is 5.41 Å². The van der Waals surface area contributed by atoms with E-state index in [-0.39, 0.29) is 13.2 Å². The fraction of sp³-hybridized carbons (Fsp3) is 0.632. The highest BCUT2D eigenvalue weighted by atomic mass is 16.5. The highest BCUT2D eigenvalue weighted by molar-refractivity contribution is 5.80. The van der Waals surface area contributed by atoms with E-state index in [0.717, 1.165) is 31.2 Å². The molecule has 0 aliphatic carbocycles. The van der Waals surface area contributed by atoms with Crippen molar-refractivity contribution in [2.45, 2.75) is 33.7 Å². The molecule has 6 heteroatoms. The Hall–Kier alpha value is -1.95. The van der Waals surface area contributed by atoms with Crippen LogP contribution in [-0.4, -0.2) is 55.9 Å². The number of nitrogens with one attached hydrogen (secondary N) is 1. The lowest BCUT2D eigenvalue weighted by atomic mass is 9.93. The second kappa shape index (κ2) is 8.94. The summed E-state index contributed by atoms with van der Waals surface area (Å²) in [5.41, 5.74) is 1.40. The Morgan fingerprint density at radius 1 is 1.36 bits per heavy atom. The molecule has 1 heterocycles. The van der Waals surface area contributed by atoms with Crippen molar-refractivity contribution in [3.8, 4) is 11.5 Å². The van der Waals surface area contributed by atoms with E-state index < -0.39 is 0 Å². The summed E-state index contributed by atoms with van der Waals surface area (Å²) in [5, 5.41) is 12.3. The minimum Gasteiger partial charge on any atom is -0.493 e. The summed E-state index contributed by atoms with van der Waals surface area (Å²) in [6.45, 7) is 10.4. The number of methoxy groups -OCH3 is 1. The summed E-state index contributed by atoms with van der Waals surface area (Å²) in [7, 11) is 1.62. The van der Waals surface area contributed by atoms with Gasteiger partial charge < -0.3 is 24.8 Å².